The van der Waals surface area contributed by atoms with Crippen molar-refractivity contribution in [2.75, 3.05) is 33.4 Å². The zero-order chi connectivity index (χ0) is 11.3. The van der Waals surface area contributed by atoms with Crippen LogP contribution >= 0.6 is 0 Å². The van der Waals surface area contributed by atoms with Gasteiger partial charge in [0.2, 0.25) is 5.91 Å². The predicted octanol–water partition coefficient (Wildman–Crippen LogP) is -0.665. The first-order valence-electron chi connectivity index (χ1n) is 5.28. The average Bonchev–Trinajstić information content (AvgIpc) is 2.26. The fourth-order valence-electron chi connectivity index (χ4n) is 1.85. The molecule has 1 fully saturated rings. The largest absolute Gasteiger partial charge is 0.394 e. The summed E-state index contributed by atoms with van der Waals surface area (Å²) in [6.07, 6.45) is 2.02. The SMILES string of the molecule is COCCC(=O)N1CCCC(N)(CO)C1. The van der Waals surface area contributed by atoms with Gasteiger partial charge in [-0.05, 0) is 12.8 Å². The van der Waals surface area contributed by atoms with Gasteiger partial charge in [-0.25, -0.2) is 0 Å². The number of rotatable bonds is 4. The van der Waals surface area contributed by atoms with E-state index in [4.69, 9.17) is 15.6 Å². The molecule has 3 N–H and O–H groups in total. The van der Waals surface area contributed by atoms with Gasteiger partial charge in [0, 0.05) is 20.2 Å². The summed E-state index contributed by atoms with van der Waals surface area (Å²) in [5, 5.41) is 9.14. The number of amides is 1. The minimum Gasteiger partial charge on any atom is -0.394 e. The Morgan fingerprint density at radius 3 is 3.00 bits per heavy atom. The number of piperidine rings is 1. The van der Waals surface area contributed by atoms with Crippen molar-refractivity contribution in [2.24, 2.45) is 5.73 Å². The Kier molecular flexibility index (Phi) is 4.50. The maximum atomic E-state index is 11.7. The molecule has 0 aromatic heterocycles. The predicted molar refractivity (Wildman–Crippen MR) is 56.3 cm³/mol. The van der Waals surface area contributed by atoms with E-state index in [0.29, 0.717) is 19.6 Å². The van der Waals surface area contributed by atoms with Crippen molar-refractivity contribution in [1.82, 2.24) is 4.90 Å². The molecule has 1 heterocycles. The molecule has 0 radical (unpaired) electrons. The van der Waals surface area contributed by atoms with E-state index in [1.165, 1.54) is 0 Å². The minimum absolute atomic E-state index is 0.0554. The van der Waals surface area contributed by atoms with E-state index in [1.807, 2.05) is 0 Å². The number of carbonyl (C=O) groups is 1. The second-order valence-corrected chi connectivity index (χ2v) is 4.18. The van der Waals surface area contributed by atoms with Crippen molar-refractivity contribution in [3.05, 3.63) is 0 Å². The van der Waals surface area contributed by atoms with Crippen LogP contribution in [0.25, 0.3) is 0 Å². The third kappa shape index (κ3) is 3.44. The van der Waals surface area contributed by atoms with Crippen LogP contribution < -0.4 is 5.73 Å². The number of nitrogens with two attached hydrogens (primary N) is 1. The normalized spacial score (nSPS) is 26.7. The van der Waals surface area contributed by atoms with Crippen molar-refractivity contribution in [3.63, 3.8) is 0 Å². The van der Waals surface area contributed by atoms with E-state index in [9.17, 15) is 4.79 Å². The van der Waals surface area contributed by atoms with Crippen LogP contribution in [0.5, 0.6) is 0 Å². The molecule has 0 aromatic rings. The number of methoxy groups -OCH3 is 1. The minimum atomic E-state index is -0.610. The maximum absolute atomic E-state index is 11.7. The van der Waals surface area contributed by atoms with E-state index >= 15 is 0 Å². The van der Waals surface area contributed by atoms with Crippen molar-refractivity contribution < 1.29 is 14.6 Å². The van der Waals surface area contributed by atoms with E-state index in [-0.39, 0.29) is 12.5 Å². The van der Waals surface area contributed by atoms with Crippen molar-refractivity contribution in [2.45, 2.75) is 24.8 Å². The third-order valence-electron chi connectivity index (χ3n) is 2.80. The second kappa shape index (κ2) is 5.44. The number of hydrogen-bond acceptors (Lipinski definition) is 4. The van der Waals surface area contributed by atoms with E-state index in [2.05, 4.69) is 0 Å². The Labute approximate surface area is 90.2 Å². The highest BCUT2D eigenvalue weighted by Crippen LogP contribution is 2.18. The molecule has 5 heteroatoms. The first-order chi connectivity index (χ1) is 7.11. The number of aliphatic hydroxyl groups is 1. The molecule has 1 amide bonds. The first-order valence-corrected chi connectivity index (χ1v) is 5.28. The quantitative estimate of drug-likeness (QED) is 0.654. The van der Waals surface area contributed by atoms with Crippen LogP contribution in [0, 0.1) is 0 Å². The zero-order valence-corrected chi connectivity index (χ0v) is 9.24. The molecular weight excluding hydrogens is 196 g/mol. The standard InChI is InChI=1S/C10H20N2O3/c1-15-6-3-9(14)12-5-2-4-10(11,7-12)8-13/h13H,2-8,11H2,1H3. The average molecular weight is 216 g/mol. The van der Waals surface area contributed by atoms with Gasteiger partial charge in [-0.15, -0.1) is 0 Å². The summed E-state index contributed by atoms with van der Waals surface area (Å²) >= 11 is 0. The Bertz CT molecular complexity index is 223. The van der Waals surface area contributed by atoms with Crippen LogP contribution in [0.1, 0.15) is 19.3 Å². The fraction of sp³-hybridized carbons (Fsp3) is 0.900. The number of aliphatic hydroxyl groups excluding tert-OH is 1. The van der Waals surface area contributed by atoms with Crippen molar-refractivity contribution in [1.29, 1.82) is 0 Å². The highest BCUT2D eigenvalue weighted by molar-refractivity contribution is 5.76. The number of nitrogens with zero attached hydrogens (tertiary/aromatic N) is 1. The van der Waals surface area contributed by atoms with Gasteiger partial charge in [-0.3, -0.25) is 4.79 Å². The topological polar surface area (TPSA) is 75.8 Å². The Balaban J connectivity index is 2.45. The van der Waals surface area contributed by atoms with E-state index in [1.54, 1.807) is 12.0 Å². The lowest BCUT2D eigenvalue weighted by molar-refractivity contribution is -0.134. The molecule has 0 spiro atoms. The molecule has 1 rings (SSSR count). The lowest BCUT2D eigenvalue weighted by Crippen LogP contribution is -2.57. The molecule has 0 saturated carbocycles. The van der Waals surface area contributed by atoms with Crippen LogP contribution in [0.4, 0.5) is 0 Å². The van der Waals surface area contributed by atoms with Crippen LogP contribution in [-0.2, 0) is 9.53 Å². The van der Waals surface area contributed by atoms with Crippen LogP contribution in [0.2, 0.25) is 0 Å². The summed E-state index contributed by atoms with van der Waals surface area (Å²) in [6.45, 7) is 1.56. The van der Waals surface area contributed by atoms with Crippen molar-refractivity contribution >= 4 is 5.91 Å². The third-order valence-corrected chi connectivity index (χ3v) is 2.80. The van der Waals surface area contributed by atoms with Crippen LogP contribution in [0.15, 0.2) is 0 Å². The smallest absolute Gasteiger partial charge is 0.224 e. The van der Waals surface area contributed by atoms with E-state index in [0.717, 1.165) is 19.4 Å². The highest BCUT2D eigenvalue weighted by Gasteiger charge is 2.32. The number of carbonyl (C=O) groups excluding carboxylic acids is 1. The first kappa shape index (κ1) is 12.4. The van der Waals surface area contributed by atoms with Gasteiger partial charge in [0.15, 0.2) is 0 Å². The Morgan fingerprint density at radius 2 is 2.40 bits per heavy atom. The van der Waals surface area contributed by atoms with Crippen molar-refractivity contribution in [3.8, 4) is 0 Å². The van der Waals surface area contributed by atoms with Gasteiger partial charge < -0.3 is 20.5 Å². The summed E-state index contributed by atoms with van der Waals surface area (Å²) in [5.41, 5.74) is 5.33. The molecular formula is C10H20N2O3. The molecule has 1 aliphatic heterocycles. The molecule has 1 unspecified atom stereocenters. The summed E-state index contributed by atoms with van der Waals surface area (Å²) in [4.78, 5) is 13.4. The Morgan fingerprint density at radius 1 is 1.67 bits per heavy atom. The molecule has 1 saturated heterocycles. The fourth-order valence-corrected chi connectivity index (χ4v) is 1.85. The molecule has 0 aromatic carbocycles. The van der Waals surface area contributed by atoms with Gasteiger partial charge in [0.1, 0.15) is 0 Å². The van der Waals surface area contributed by atoms with Crippen LogP contribution in [-0.4, -0.2) is 54.9 Å². The molecule has 0 bridgehead atoms. The second-order valence-electron chi connectivity index (χ2n) is 4.18. The van der Waals surface area contributed by atoms with Gasteiger partial charge in [-0.2, -0.15) is 0 Å². The molecule has 88 valence electrons. The molecule has 1 atom stereocenters. The van der Waals surface area contributed by atoms with Gasteiger partial charge in [0.25, 0.3) is 0 Å². The zero-order valence-electron chi connectivity index (χ0n) is 9.24. The maximum Gasteiger partial charge on any atom is 0.224 e. The Hall–Kier alpha value is -0.650. The molecule has 15 heavy (non-hydrogen) atoms. The van der Waals surface area contributed by atoms with Gasteiger partial charge in [0.05, 0.1) is 25.2 Å². The monoisotopic (exact) mass is 216 g/mol. The summed E-state index contributed by atoms with van der Waals surface area (Å²) < 4.78 is 4.85. The van der Waals surface area contributed by atoms with Gasteiger partial charge in [-0.1, -0.05) is 0 Å². The lowest BCUT2D eigenvalue weighted by atomic mass is 9.91. The number of ether oxygens (including phenoxy) is 1. The molecule has 0 aliphatic carbocycles. The van der Waals surface area contributed by atoms with E-state index < -0.39 is 5.54 Å². The molecule has 5 nitrogen and oxygen atoms in total. The summed E-state index contributed by atoms with van der Waals surface area (Å²) in [6, 6.07) is 0. The van der Waals surface area contributed by atoms with Crippen LogP contribution in [0.3, 0.4) is 0 Å². The van der Waals surface area contributed by atoms with Gasteiger partial charge >= 0.3 is 0 Å². The highest BCUT2D eigenvalue weighted by atomic mass is 16.5. The summed E-state index contributed by atoms with van der Waals surface area (Å²) in [7, 11) is 1.57. The number of hydrogen-bond donors (Lipinski definition) is 2. The molecule has 1 aliphatic rings. The summed E-state index contributed by atoms with van der Waals surface area (Å²) in [5.74, 6) is 0.0554. The lowest BCUT2D eigenvalue weighted by Gasteiger charge is -2.39. The number of likely N-dealkylation sites (tertiary alicyclic amines) is 1.